The number of β-amino-alcohol motifs (C(OH)–C–C–N with tert-alkyl or cyclic N) is 1. The number of hydrogen-bond acceptors (Lipinski definition) is 4. The summed E-state index contributed by atoms with van der Waals surface area (Å²) in [7, 11) is 1.55. The van der Waals surface area contributed by atoms with Crippen LogP contribution in [0.1, 0.15) is 32.6 Å². The average molecular weight is 253 g/mol. The van der Waals surface area contributed by atoms with E-state index < -0.39 is 5.60 Å². The first kappa shape index (κ1) is 13.0. The molecule has 1 N–H and O–H groups in total. The van der Waals surface area contributed by atoms with Crippen LogP contribution in [-0.4, -0.2) is 58.3 Å². The molecule has 0 aromatic carbocycles. The molecule has 1 saturated heterocycles. The number of carbonyl (C=O) groups excluding carboxylic acids is 2. The summed E-state index contributed by atoms with van der Waals surface area (Å²) >= 11 is 0. The molecule has 2 aliphatic heterocycles. The number of carbonyl (C=O) groups is 2. The summed E-state index contributed by atoms with van der Waals surface area (Å²) < 4.78 is 0. The highest BCUT2D eigenvalue weighted by Gasteiger charge is 2.44. The molecule has 0 spiro atoms. The molecule has 0 radical (unpaired) electrons. The summed E-state index contributed by atoms with van der Waals surface area (Å²) in [4.78, 5) is 24.9. The van der Waals surface area contributed by atoms with E-state index in [1.54, 1.807) is 11.9 Å². The Morgan fingerprint density at radius 3 is 2.67 bits per heavy atom. The number of nitrogens with zero attached hydrogens (tertiary/aromatic N) is 3. The second-order valence-electron chi connectivity index (χ2n) is 5.10. The van der Waals surface area contributed by atoms with E-state index in [0.29, 0.717) is 38.1 Å². The first-order chi connectivity index (χ1) is 8.45. The smallest absolute Gasteiger partial charge is 0.270 e. The third-order valence-corrected chi connectivity index (χ3v) is 3.43. The average Bonchev–Trinajstić information content (AvgIpc) is 2.29. The van der Waals surface area contributed by atoms with Crippen LogP contribution in [0, 0.1) is 0 Å². The van der Waals surface area contributed by atoms with Gasteiger partial charge in [-0.15, -0.1) is 0 Å². The lowest BCUT2D eigenvalue weighted by atomic mass is 9.88. The summed E-state index contributed by atoms with van der Waals surface area (Å²) in [6.07, 6.45) is 2.33. The van der Waals surface area contributed by atoms with Crippen molar-refractivity contribution in [2.75, 3.05) is 20.1 Å². The molecule has 2 amide bonds. The van der Waals surface area contributed by atoms with Gasteiger partial charge in [-0.1, -0.05) is 13.3 Å². The van der Waals surface area contributed by atoms with Crippen molar-refractivity contribution < 1.29 is 14.7 Å². The second-order valence-corrected chi connectivity index (χ2v) is 5.10. The highest BCUT2D eigenvalue weighted by Crippen LogP contribution is 2.26. The third-order valence-electron chi connectivity index (χ3n) is 3.43. The van der Waals surface area contributed by atoms with Crippen LogP contribution in [0.2, 0.25) is 0 Å². The van der Waals surface area contributed by atoms with Gasteiger partial charge in [-0.05, 0) is 6.42 Å². The van der Waals surface area contributed by atoms with Gasteiger partial charge in [0.15, 0.2) is 0 Å². The van der Waals surface area contributed by atoms with Gasteiger partial charge in [0.1, 0.15) is 5.71 Å². The SMILES string of the molecule is CCCC1(O)CN(C(=O)C2=NN(C)C(=O)CC2)C1. The molecule has 2 rings (SSSR count). The monoisotopic (exact) mass is 253 g/mol. The summed E-state index contributed by atoms with van der Waals surface area (Å²) in [6.45, 7) is 2.75. The van der Waals surface area contributed by atoms with Crippen molar-refractivity contribution in [3.8, 4) is 0 Å². The first-order valence-corrected chi connectivity index (χ1v) is 6.31. The van der Waals surface area contributed by atoms with E-state index in [1.165, 1.54) is 5.01 Å². The van der Waals surface area contributed by atoms with Crippen molar-refractivity contribution in [2.45, 2.75) is 38.2 Å². The van der Waals surface area contributed by atoms with Gasteiger partial charge in [0, 0.05) is 19.9 Å². The van der Waals surface area contributed by atoms with Crippen molar-refractivity contribution >= 4 is 17.5 Å². The van der Waals surface area contributed by atoms with E-state index in [1.807, 2.05) is 6.92 Å². The Morgan fingerprint density at radius 1 is 1.44 bits per heavy atom. The molecular weight excluding hydrogens is 234 g/mol. The van der Waals surface area contributed by atoms with Gasteiger partial charge in [-0.25, -0.2) is 5.01 Å². The fourth-order valence-electron chi connectivity index (χ4n) is 2.44. The zero-order valence-electron chi connectivity index (χ0n) is 10.8. The van der Waals surface area contributed by atoms with Gasteiger partial charge in [-0.2, -0.15) is 5.10 Å². The molecule has 6 nitrogen and oxygen atoms in total. The Labute approximate surface area is 106 Å². The van der Waals surface area contributed by atoms with Gasteiger partial charge in [0.25, 0.3) is 5.91 Å². The number of hydrazone groups is 1. The molecule has 0 saturated carbocycles. The topological polar surface area (TPSA) is 73.2 Å². The Balaban J connectivity index is 1.95. The number of amides is 2. The Kier molecular flexibility index (Phi) is 3.38. The highest BCUT2D eigenvalue weighted by molar-refractivity contribution is 6.39. The molecule has 18 heavy (non-hydrogen) atoms. The fourth-order valence-corrected chi connectivity index (χ4v) is 2.44. The molecule has 1 fully saturated rings. The summed E-state index contributed by atoms with van der Waals surface area (Å²) in [5, 5.41) is 15.2. The lowest BCUT2D eigenvalue weighted by molar-refractivity contribution is -0.149. The van der Waals surface area contributed by atoms with Gasteiger partial charge in [-0.3, -0.25) is 9.59 Å². The van der Waals surface area contributed by atoms with Crippen molar-refractivity contribution in [1.82, 2.24) is 9.91 Å². The highest BCUT2D eigenvalue weighted by atomic mass is 16.3. The van der Waals surface area contributed by atoms with Crippen LogP contribution < -0.4 is 0 Å². The predicted octanol–water partition coefficient (Wildman–Crippen LogP) is -0.0320. The zero-order valence-corrected chi connectivity index (χ0v) is 10.8. The molecule has 0 aromatic heterocycles. The van der Waals surface area contributed by atoms with Crippen molar-refractivity contribution in [2.24, 2.45) is 5.10 Å². The van der Waals surface area contributed by atoms with E-state index in [0.717, 1.165) is 6.42 Å². The lowest BCUT2D eigenvalue weighted by Crippen LogP contribution is -2.64. The minimum Gasteiger partial charge on any atom is -0.386 e. The van der Waals surface area contributed by atoms with Crippen molar-refractivity contribution in [1.29, 1.82) is 0 Å². The largest absolute Gasteiger partial charge is 0.386 e. The van der Waals surface area contributed by atoms with E-state index in [-0.39, 0.29) is 11.8 Å². The van der Waals surface area contributed by atoms with Crippen LogP contribution in [0.25, 0.3) is 0 Å². The Bertz CT molecular complexity index is 399. The van der Waals surface area contributed by atoms with Crippen molar-refractivity contribution in [3.05, 3.63) is 0 Å². The Hall–Kier alpha value is -1.43. The summed E-state index contributed by atoms with van der Waals surface area (Å²) in [6, 6.07) is 0. The normalized spacial score (nSPS) is 22.6. The second kappa shape index (κ2) is 4.68. The van der Waals surface area contributed by atoms with Gasteiger partial charge < -0.3 is 10.0 Å². The van der Waals surface area contributed by atoms with Crippen LogP contribution in [0.5, 0.6) is 0 Å². The molecule has 6 heteroatoms. The minimum absolute atomic E-state index is 0.0716. The maximum atomic E-state index is 12.1. The number of likely N-dealkylation sites (tertiary alicyclic amines) is 1. The first-order valence-electron chi connectivity index (χ1n) is 6.31. The van der Waals surface area contributed by atoms with Gasteiger partial charge >= 0.3 is 0 Å². The van der Waals surface area contributed by atoms with E-state index >= 15 is 0 Å². The van der Waals surface area contributed by atoms with Gasteiger partial charge in [0.05, 0.1) is 18.7 Å². The van der Waals surface area contributed by atoms with Crippen LogP contribution in [0.3, 0.4) is 0 Å². The summed E-state index contributed by atoms with van der Waals surface area (Å²) in [5.41, 5.74) is -0.308. The number of aliphatic hydroxyl groups is 1. The molecule has 0 unspecified atom stereocenters. The van der Waals surface area contributed by atoms with Crippen LogP contribution >= 0.6 is 0 Å². The van der Waals surface area contributed by atoms with Crippen LogP contribution in [0.4, 0.5) is 0 Å². The molecule has 0 aromatic rings. The third kappa shape index (κ3) is 2.38. The number of hydrogen-bond donors (Lipinski definition) is 1. The molecule has 2 aliphatic rings. The van der Waals surface area contributed by atoms with E-state index in [9.17, 15) is 14.7 Å². The van der Waals surface area contributed by atoms with E-state index in [2.05, 4.69) is 5.10 Å². The maximum absolute atomic E-state index is 12.1. The zero-order chi connectivity index (χ0) is 13.3. The molecule has 2 heterocycles. The molecule has 100 valence electrons. The minimum atomic E-state index is -0.721. The quantitative estimate of drug-likeness (QED) is 0.767. The van der Waals surface area contributed by atoms with E-state index in [4.69, 9.17) is 0 Å². The molecule has 0 aliphatic carbocycles. The van der Waals surface area contributed by atoms with Gasteiger partial charge in [0.2, 0.25) is 5.91 Å². The van der Waals surface area contributed by atoms with Crippen LogP contribution in [0.15, 0.2) is 5.10 Å². The van der Waals surface area contributed by atoms with Crippen molar-refractivity contribution in [3.63, 3.8) is 0 Å². The molecule has 0 atom stereocenters. The molecule has 0 bridgehead atoms. The fraction of sp³-hybridized carbons (Fsp3) is 0.750. The summed E-state index contributed by atoms with van der Waals surface area (Å²) in [5.74, 6) is -0.229. The lowest BCUT2D eigenvalue weighted by Gasteiger charge is -2.46. The standard InChI is InChI=1S/C12H19N3O3/c1-3-6-12(18)7-15(8-12)11(17)9-4-5-10(16)14(2)13-9/h18H,3-8H2,1-2H3. The number of rotatable bonds is 3. The molecular formula is C12H19N3O3. The predicted molar refractivity (Wildman–Crippen MR) is 65.9 cm³/mol. The Morgan fingerprint density at radius 2 is 2.11 bits per heavy atom. The van der Waals surface area contributed by atoms with Crippen LogP contribution in [-0.2, 0) is 9.59 Å². The maximum Gasteiger partial charge on any atom is 0.270 e.